The van der Waals surface area contributed by atoms with Crippen LogP contribution in [0.4, 0.5) is 0 Å². The maximum atomic E-state index is 11.5. The minimum atomic E-state index is -1.11. The summed E-state index contributed by atoms with van der Waals surface area (Å²) in [6.45, 7) is 4.19. The molecule has 0 saturated heterocycles. The summed E-state index contributed by atoms with van der Waals surface area (Å²) in [5.74, 6) is -1.78. The van der Waals surface area contributed by atoms with Crippen molar-refractivity contribution in [1.82, 2.24) is 5.32 Å². The summed E-state index contributed by atoms with van der Waals surface area (Å²) in [7, 11) is 0. The summed E-state index contributed by atoms with van der Waals surface area (Å²) in [4.78, 5) is 32.9. The van der Waals surface area contributed by atoms with E-state index in [0.29, 0.717) is 5.75 Å². The van der Waals surface area contributed by atoms with E-state index in [2.05, 4.69) is 25.2 Å². The Labute approximate surface area is 135 Å². The first-order chi connectivity index (χ1) is 10.4. The summed E-state index contributed by atoms with van der Waals surface area (Å²) in [6.07, 6.45) is 4.90. The van der Waals surface area contributed by atoms with Crippen LogP contribution in [0.15, 0.2) is 11.6 Å². The van der Waals surface area contributed by atoms with E-state index in [4.69, 9.17) is 10.2 Å². The van der Waals surface area contributed by atoms with Crippen LogP contribution < -0.4 is 5.32 Å². The minimum Gasteiger partial charge on any atom is -0.481 e. The predicted octanol–water partition coefficient (Wildman–Crippen LogP) is 2.29. The Bertz CT molecular complexity index is 409. The highest BCUT2D eigenvalue weighted by Gasteiger charge is 2.19. The van der Waals surface area contributed by atoms with E-state index in [0.717, 1.165) is 19.3 Å². The van der Waals surface area contributed by atoms with Gasteiger partial charge in [0.15, 0.2) is 0 Å². The van der Waals surface area contributed by atoms with E-state index in [1.54, 1.807) is 0 Å². The number of amides is 1. The number of allylic oxidation sites excluding steroid dienone is 1. The Hall–Kier alpha value is -1.50. The molecule has 126 valence electrons. The zero-order valence-electron chi connectivity index (χ0n) is 13.1. The molecule has 0 heterocycles. The molecular formula is C15H25NO5S. The van der Waals surface area contributed by atoms with Crippen molar-refractivity contribution in [2.24, 2.45) is 0 Å². The monoisotopic (exact) mass is 331 g/mol. The van der Waals surface area contributed by atoms with Crippen LogP contribution in [0.2, 0.25) is 0 Å². The highest BCUT2D eigenvalue weighted by molar-refractivity contribution is 7.99. The molecule has 0 aromatic heterocycles. The van der Waals surface area contributed by atoms with Crippen LogP contribution in [-0.4, -0.2) is 45.6 Å². The number of nitrogens with one attached hydrogen (secondary N) is 1. The molecule has 0 aromatic rings. The molecule has 0 aliphatic heterocycles. The largest absolute Gasteiger partial charge is 0.481 e. The number of carboxylic acid groups (broad SMARTS) is 2. The second-order valence-corrected chi connectivity index (χ2v) is 6.12. The number of aliphatic carboxylic acids is 2. The molecule has 0 rings (SSSR count). The highest BCUT2D eigenvalue weighted by atomic mass is 32.2. The normalized spacial score (nSPS) is 12.7. The third-order valence-electron chi connectivity index (χ3n) is 2.96. The van der Waals surface area contributed by atoms with Crippen molar-refractivity contribution in [3.63, 3.8) is 0 Å². The molecule has 0 aromatic carbocycles. The summed E-state index contributed by atoms with van der Waals surface area (Å²) < 4.78 is 0. The van der Waals surface area contributed by atoms with Crippen molar-refractivity contribution < 1.29 is 24.6 Å². The van der Waals surface area contributed by atoms with Crippen LogP contribution in [0, 0.1) is 0 Å². The number of thioether (sulfide) groups is 1. The lowest BCUT2D eigenvalue weighted by atomic mass is 10.1. The number of hydrogen-bond donors (Lipinski definition) is 3. The Morgan fingerprint density at radius 1 is 1.18 bits per heavy atom. The molecule has 0 saturated carbocycles. The fraction of sp³-hybridized carbons (Fsp3) is 0.667. The third kappa shape index (κ3) is 11.2. The van der Waals surface area contributed by atoms with Crippen molar-refractivity contribution in [3.05, 3.63) is 11.6 Å². The molecule has 0 fully saturated rings. The van der Waals surface area contributed by atoms with Gasteiger partial charge in [0.1, 0.15) is 6.04 Å². The summed E-state index contributed by atoms with van der Waals surface area (Å²) in [5.41, 5.74) is 1.28. The zero-order valence-corrected chi connectivity index (χ0v) is 13.9. The quantitative estimate of drug-likeness (QED) is 0.374. The van der Waals surface area contributed by atoms with Crippen LogP contribution in [-0.2, 0) is 14.4 Å². The van der Waals surface area contributed by atoms with E-state index in [1.165, 1.54) is 17.3 Å². The number of carbonyl (C=O) groups excluding carboxylic acids is 1. The van der Waals surface area contributed by atoms with Gasteiger partial charge >= 0.3 is 11.9 Å². The maximum Gasteiger partial charge on any atom is 0.327 e. The van der Waals surface area contributed by atoms with Gasteiger partial charge in [-0.1, -0.05) is 25.0 Å². The average Bonchev–Trinajstić information content (AvgIpc) is 2.45. The molecule has 6 nitrogen and oxygen atoms in total. The summed E-state index contributed by atoms with van der Waals surface area (Å²) in [6, 6.07) is -0.990. The van der Waals surface area contributed by atoms with Gasteiger partial charge in [0.2, 0.25) is 5.91 Å². The molecule has 0 aliphatic rings. The lowest BCUT2D eigenvalue weighted by molar-refractivity contribution is -0.141. The van der Waals surface area contributed by atoms with Gasteiger partial charge in [-0.2, -0.15) is 11.8 Å². The molecule has 1 amide bonds. The van der Waals surface area contributed by atoms with Gasteiger partial charge in [-0.25, -0.2) is 4.79 Å². The van der Waals surface area contributed by atoms with E-state index < -0.39 is 23.9 Å². The van der Waals surface area contributed by atoms with Crippen molar-refractivity contribution in [2.45, 2.75) is 52.0 Å². The predicted molar refractivity (Wildman–Crippen MR) is 87.0 cm³/mol. The van der Waals surface area contributed by atoms with Crippen LogP contribution in [0.25, 0.3) is 0 Å². The fourth-order valence-electron chi connectivity index (χ4n) is 1.61. The molecule has 0 unspecified atom stereocenters. The molecule has 1 atom stereocenters. The van der Waals surface area contributed by atoms with Gasteiger partial charge in [-0.05, 0) is 19.8 Å². The highest BCUT2D eigenvalue weighted by Crippen LogP contribution is 2.10. The number of carbonyl (C=O) groups is 3. The summed E-state index contributed by atoms with van der Waals surface area (Å²) >= 11 is 1.43. The Kier molecular flexibility index (Phi) is 11.3. The van der Waals surface area contributed by atoms with Crippen LogP contribution in [0.5, 0.6) is 0 Å². The van der Waals surface area contributed by atoms with Crippen LogP contribution in [0.1, 0.15) is 46.0 Å². The van der Waals surface area contributed by atoms with Gasteiger partial charge in [0.25, 0.3) is 0 Å². The number of rotatable bonds is 12. The lowest BCUT2D eigenvalue weighted by Crippen LogP contribution is -2.42. The van der Waals surface area contributed by atoms with E-state index in [-0.39, 0.29) is 18.6 Å². The fourth-order valence-corrected chi connectivity index (χ4v) is 2.61. The maximum absolute atomic E-state index is 11.5. The average molecular weight is 331 g/mol. The first kappa shape index (κ1) is 20.5. The Morgan fingerprint density at radius 2 is 1.86 bits per heavy atom. The van der Waals surface area contributed by atoms with Gasteiger partial charge in [0, 0.05) is 17.9 Å². The van der Waals surface area contributed by atoms with E-state index in [1.807, 2.05) is 0 Å². The first-order valence-electron chi connectivity index (χ1n) is 7.34. The molecule has 7 heteroatoms. The number of unbranched alkanes of at least 4 members (excludes halogenated alkanes) is 1. The van der Waals surface area contributed by atoms with Crippen molar-refractivity contribution >= 4 is 29.6 Å². The molecule has 22 heavy (non-hydrogen) atoms. The Morgan fingerprint density at radius 3 is 2.41 bits per heavy atom. The molecule has 3 N–H and O–H groups in total. The zero-order chi connectivity index (χ0) is 17.0. The molecular weight excluding hydrogens is 306 g/mol. The first-order valence-corrected chi connectivity index (χ1v) is 8.49. The number of carboxylic acids is 2. The van der Waals surface area contributed by atoms with Crippen LogP contribution >= 0.6 is 11.8 Å². The molecule has 0 spiro atoms. The Balaban J connectivity index is 4.12. The second-order valence-electron chi connectivity index (χ2n) is 5.04. The molecule has 0 radical (unpaired) electrons. The van der Waals surface area contributed by atoms with Gasteiger partial charge in [-0.3, -0.25) is 9.59 Å². The lowest BCUT2D eigenvalue weighted by Gasteiger charge is -2.13. The van der Waals surface area contributed by atoms with Gasteiger partial charge < -0.3 is 15.5 Å². The van der Waals surface area contributed by atoms with Crippen molar-refractivity contribution in [1.29, 1.82) is 0 Å². The van der Waals surface area contributed by atoms with Crippen molar-refractivity contribution in [3.8, 4) is 0 Å². The van der Waals surface area contributed by atoms with Crippen LogP contribution in [0.3, 0.4) is 0 Å². The van der Waals surface area contributed by atoms with Crippen molar-refractivity contribution in [2.75, 3.05) is 11.5 Å². The summed E-state index contributed by atoms with van der Waals surface area (Å²) in [5, 5.41) is 19.9. The third-order valence-corrected chi connectivity index (χ3v) is 3.93. The smallest absolute Gasteiger partial charge is 0.327 e. The van der Waals surface area contributed by atoms with Gasteiger partial charge in [-0.15, -0.1) is 0 Å². The second kappa shape index (κ2) is 12.1. The standard InChI is InChI=1S/C15H25NO5S/c1-3-4-5-11(2)8-9-22-10-12(15(20)21)16-13(17)6-7-14(18)19/h8,12H,3-7,9-10H2,1-2H3,(H,16,17)(H,18,19)(H,20,21)/t12-/m0/s1. The SMILES string of the molecule is CCCCC(C)=CCSC[C@H](NC(=O)CCC(=O)O)C(=O)O. The van der Waals surface area contributed by atoms with E-state index in [9.17, 15) is 14.4 Å². The van der Waals surface area contributed by atoms with E-state index >= 15 is 0 Å². The number of hydrogen-bond acceptors (Lipinski definition) is 4. The molecule has 0 bridgehead atoms. The minimum absolute atomic E-state index is 0.209. The molecule has 0 aliphatic carbocycles. The van der Waals surface area contributed by atoms with Gasteiger partial charge in [0.05, 0.1) is 6.42 Å². The topological polar surface area (TPSA) is 104 Å².